The summed E-state index contributed by atoms with van der Waals surface area (Å²) in [5, 5.41) is 8.94. The molecular weight excluding hydrogens is 445 g/mol. The quantitative estimate of drug-likeness (QED) is 0.388. The second-order valence-electron chi connectivity index (χ2n) is 7.64. The molecule has 0 radical (unpaired) electrons. The maximum atomic E-state index is 15.1. The van der Waals surface area contributed by atoms with Crippen LogP contribution in [-0.2, 0) is 16.6 Å². The van der Waals surface area contributed by atoms with Crippen molar-refractivity contribution in [1.82, 2.24) is 23.7 Å². The molecule has 0 amide bonds. The molecule has 2 aromatic carbocycles. The van der Waals surface area contributed by atoms with Gasteiger partial charge in [0.1, 0.15) is 17.1 Å². The van der Waals surface area contributed by atoms with Crippen molar-refractivity contribution in [2.75, 3.05) is 13.4 Å². The van der Waals surface area contributed by atoms with Gasteiger partial charge in [-0.1, -0.05) is 6.07 Å². The number of halogens is 1. The van der Waals surface area contributed by atoms with Gasteiger partial charge < -0.3 is 9.30 Å². The summed E-state index contributed by atoms with van der Waals surface area (Å²) in [4.78, 5) is 4.47. The fourth-order valence-electron chi connectivity index (χ4n) is 4.02. The van der Waals surface area contributed by atoms with E-state index >= 15 is 4.39 Å². The highest BCUT2D eigenvalue weighted by Crippen LogP contribution is 2.38. The minimum Gasteiger partial charge on any atom is -0.496 e. The average Bonchev–Trinajstić information content (AvgIpc) is 3.42. The first-order valence-electron chi connectivity index (χ1n) is 10.2. The minimum absolute atomic E-state index is 0.318. The summed E-state index contributed by atoms with van der Waals surface area (Å²) in [6, 6.07) is 9.78. The number of nitrogens with zero attached hydrogens (tertiary/aromatic N) is 5. The SMILES string of the molecule is CCn1cnc2c(-c3ccc(F)c(-c4cc5ccn(S(C)(=O)=O)c5cc4OC)c3)cnnc21. The molecule has 3 aromatic heterocycles. The van der Waals surface area contributed by atoms with Gasteiger partial charge in [-0.25, -0.2) is 21.8 Å². The maximum absolute atomic E-state index is 15.1. The van der Waals surface area contributed by atoms with Crippen LogP contribution in [0.4, 0.5) is 4.39 Å². The van der Waals surface area contributed by atoms with Gasteiger partial charge in [0.05, 0.1) is 31.4 Å². The van der Waals surface area contributed by atoms with Crippen LogP contribution in [-0.4, -0.2) is 45.5 Å². The van der Waals surface area contributed by atoms with E-state index in [1.165, 1.54) is 23.3 Å². The lowest BCUT2D eigenvalue weighted by molar-refractivity contribution is 0.416. The molecule has 0 bridgehead atoms. The van der Waals surface area contributed by atoms with Gasteiger partial charge in [-0.05, 0) is 36.8 Å². The largest absolute Gasteiger partial charge is 0.496 e. The van der Waals surface area contributed by atoms with Crippen molar-refractivity contribution >= 4 is 32.1 Å². The third-order valence-electron chi connectivity index (χ3n) is 5.65. The monoisotopic (exact) mass is 465 g/mol. The standard InChI is InChI=1S/C23H20FN5O3S/c1-4-28-13-25-22-18(12-26-27-23(22)28)14-5-6-19(24)16(9-14)17-10-15-7-8-29(33(3,30)31)20(15)11-21(17)32-2/h5-13H,4H2,1-3H3. The van der Waals surface area contributed by atoms with Gasteiger partial charge in [0, 0.05) is 40.9 Å². The summed E-state index contributed by atoms with van der Waals surface area (Å²) in [7, 11) is -2.03. The molecule has 0 saturated carbocycles. The Hall–Kier alpha value is -3.79. The first-order valence-corrected chi connectivity index (χ1v) is 12.0. The molecule has 0 aliphatic rings. The Bertz CT molecular complexity index is 1640. The third kappa shape index (κ3) is 3.43. The Kier molecular flexibility index (Phi) is 4.89. The van der Waals surface area contributed by atoms with E-state index in [-0.39, 0.29) is 0 Å². The van der Waals surface area contributed by atoms with E-state index in [2.05, 4.69) is 15.2 Å². The van der Waals surface area contributed by atoms with Gasteiger partial charge in [0.25, 0.3) is 0 Å². The number of methoxy groups -OCH3 is 1. The highest BCUT2D eigenvalue weighted by atomic mass is 32.2. The number of aryl methyl sites for hydroxylation is 1. The number of hydrogen-bond acceptors (Lipinski definition) is 6. The van der Waals surface area contributed by atoms with E-state index in [1.54, 1.807) is 42.9 Å². The van der Waals surface area contributed by atoms with E-state index in [0.29, 0.717) is 45.5 Å². The predicted molar refractivity (Wildman–Crippen MR) is 124 cm³/mol. The highest BCUT2D eigenvalue weighted by Gasteiger charge is 2.19. The summed E-state index contributed by atoms with van der Waals surface area (Å²) in [5.74, 6) is -0.0771. The maximum Gasteiger partial charge on any atom is 0.236 e. The Morgan fingerprint density at radius 3 is 2.64 bits per heavy atom. The third-order valence-corrected chi connectivity index (χ3v) is 6.68. The molecule has 3 heterocycles. The second-order valence-corrected chi connectivity index (χ2v) is 9.50. The molecule has 0 atom stereocenters. The molecule has 0 aliphatic carbocycles. The van der Waals surface area contributed by atoms with Gasteiger partial charge >= 0.3 is 0 Å². The van der Waals surface area contributed by atoms with Gasteiger partial charge in [0.15, 0.2) is 5.65 Å². The molecule has 0 spiro atoms. The lowest BCUT2D eigenvalue weighted by atomic mass is 9.97. The molecule has 5 rings (SSSR count). The average molecular weight is 466 g/mol. The molecular formula is C23H20FN5O3S. The lowest BCUT2D eigenvalue weighted by Gasteiger charge is -2.13. The molecule has 8 nitrogen and oxygen atoms in total. The van der Waals surface area contributed by atoms with Crippen LogP contribution >= 0.6 is 0 Å². The molecule has 0 unspecified atom stereocenters. The topological polar surface area (TPSA) is 91.9 Å². The predicted octanol–water partition coefficient (Wildman–Crippen LogP) is 4.09. The van der Waals surface area contributed by atoms with Crippen LogP contribution in [0.15, 0.2) is 55.1 Å². The second kappa shape index (κ2) is 7.66. The Labute approximate surface area is 189 Å². The zero-order chi connectivity index (χ0) is 23.3. The Morgan fingerprint density at radius 2 is 1.91 bits per heavy atom. The van der Waals surface area contributed by atoms with Crippen LogP contribution in [0, 0.1) is 5.82 Å². The van der Waals surface area contributed by atoms with E-state index in [1.807, 2.05) is 11.5 Å². The molecule has 0 N–H and O–H groups in total. The van der Waals surface area contributed by atoms with Crippen LogP contribution in [0.2, 0.25) is 0 Å². The van der Waals surface area contributed by atoms with E-state index in [4.69, 9.17) is 4.74 Å². The number of fused-ring (bicyclic) bond motifs is 2. The molecule has 10 heteroatoms. The van der Waals surface area contributed by atoms with Crippen molar-refractivity contribution < 1.29 is 17.5 Å². The number of aromatic nitrogens is 5. The molecule has 0 fully saturated rings. The van der Waals surface area contributed by atoms with Gasteiger partial charge in [-0.3, -0.25) is 0 Å². The molecule has 168 valence electrons. The summed E-state index contributed by atoms with van der Waals surface area (Å²) in [6.07, 6.45) is 5.91. The fourth-order valence-corrected chi connectivity index (χ4v) is 4.82. The number of benzene rings is 2. The summed E-state index contributed by atoms with van der Waals surface area (Å²) >= 11 is 0. The van der Waals surface area contributed by atoms with Crippen LogP contribution in [0.5, 0.6) is 5.75 Å². The number of imidazole rings is 1. The fraction of sp³-hybridized carbons (Fsp3) is 0.174. The van der Waals surface area contributed by atoms with Crippen molar-refractivity contribution in [3.8, 4) is 28.0 Å². The molecule has 33 heavy (non-hydrogen) atoms. The van der Waals surface area contributed by atoms with Crippen LogP contribution < -0.4 is 4.74 Å². The van der Waals surface area contributed by atoms with Crippen molar-refractivity contribution in [2.24, 2.45) is 0 Å². The van der Waals surface area contributed by atoms with E-state index in [0.717, 1.165) is 17.4 Å². The first-order chi connectivity index (χ1) is 15.8. The van der Waals surface area contributed by atoms with E-state index < -0.39 is 15.8 Å². The zero-order valence-electron chi connectivity index (χ0n) is 18.2. The lowest BCUT2D eigenvalue weighted by Crippen LogP contribution is -2.08. The number of hydrogen-bond donors (Lipinski definition) is 0. The summed E-state index contributed by atoms with van der Waals surface area (Å²) in [5.41, 5.74) is 4.07. The van der Waals surface area contributed by atoms with Crippen LogP contribution in [0.1, 0.15) is 6.92 Å². The smallest absolute Gasteiger partial charge is 0.236 e. The zero-order valence-corrected chi connectivity index (χ0v) is 19.0. The molecule has 5 aromatic rings. The summed E-state index contributed by atoms with van der Waals surface area (Å²) in [6.45, 7) is 2.69. The van der Waals surface area contributed by atoms with Crippen molar-refractivity contribution in [3.05, 3.63) is 60.9 Å². The van der Waals surface area contributed by atoms with Gasteiger partial charge in [-0.2, -0.15) is 5.10 Å². The molecule has 0 saturated heterocycles. The van der Waals surface area contributed by atoms with Crippen molar-refractivity contribution in [3.63, 3.8) is 0 Å². The van der Waals surface area contributed by atoms with Crippen LogP contribution in [0.3, 0.4) is 0 Å². The number of ether oxygens (including phenoxy) is 1. The van der Waals surface area contributed by atoms with Crippen molar-refractivity contribution in [1.29, 1.82) is 0 Å². The van der Waals surface area contributed by atoms with Gasteiger partial charge in [-0.15, -0.1) is 5.10 Å². The van der Waals surface area contributed by atoms with E-state index in [9.17, 15) is 8.42 Å². The summed E-state index contributed by atoms with van der Waals surface area (Å²) < 4.78 is 47.8. The first kappa shape index (κ1) is 21.1. The van der Waals surface area contributed by atoms with Crippen LogP contribution in [0.25, 0.3) is 44.3 Å². The highest BCUT2D eigenvalue weighted by molar-refractivity contribution is 7.89. The normalized spacial score (nSPS) is 12.0. The van der Waals surface area contributed by atoms with Crippen molar-refractivity contribution in [2.45, 2.75) is 13.5 Å². The number of rotatable bonds is 5. The minimum atomic E-state index is -3.50. The Balaban J connectivity index is 1.72. The Morgan fingerprint density at radius 1 is 1.09 bits per heavy atom. The molecule has 0 aliphatic heterocycles. The van der Waals surface area contributed by atoms with Gasteiger partial charge in [0.2, 0.25) is 10.0 Å².